The quantitative estimate of drug-likeness (QED) is 0.619. The average molecular weight is 250 g/mol. The lowest BCUT2D eigenvalue weighted by molar-refractivity contribution is -0.142. The molecule has 0 radical (unpaired) electrons. The molecule has 0 bridgehead atoms. The Kier molecular flexibility index (Phi) is 5.91. The maximum atomic E-state index is 11.4. The van der Waals surface area contributed by atoms with E-state index in [0.717, 1.165) is 0 Å². The van der Waals surface area contributed by atoms with Gasteiger partial charge in [-0.05, 0) is 13.8 Å². The molecular formula is C14H18O4. The molecule has 4 nitrogen and oxygen atoms in total. The summed E-state index contributed by atoms with van der Waals surface area (Å²) in [5, 5.41) is 0. The molecule has 1 aliphatic rings. The van der Waals surface area contributed by atoms with E-state index < -0.39 is 0 Å². The molecule has 0 amide bonds. The van der Waals surface area contributed by atoms with E-state index in [1.54, 1.807) is 25.2 Å². The monoisotopic (exact) mass is 250 g/mol. The van der Waals surface area contributed by atoms with E-state index in [2.05, 4.69) is 0 Å². The maximum Gasteiger partial charge on any atom is 0.331 e. The molecule has 0 saturated heterocycles. The molecule has 0 aromatic carbocycles. The van der Waals surface area contributed by atoms with Crippen molar-refractivity contribution in [2.75, 3.05) is 0 Å². The number of hydrogen-bond donors (Lipinski definition) is 0. The van der Waals surface area contributed by atoms with Gasteiger partial charge in [0.05, 0.1) is 0 Å². The van der Waals surface area contributed by atoms with Crippen LogP contribution in [0.2, 0.25) is 0 Å². The molecule has 1 heterocycles. The van der Waals surface area contributed by atoms with E-state index in [1.807, 2.05) is 13.0 Å². The number of hydrogen-bond acceptors (Lipinski definition) is 4. The summed E-state index contributed by atoms with van der Waals surface area (Å²) < 4.78 is 10.2. The normalized spacial score (nSPS) is 31.7. The fourth-order valence-electron chi connectivity index (χ4n) is 1.41. The van der Waals surface area contributed by atoms with Crippen molar-refractivity contribution in [2.24, 2.45) is 0 Å². The Hall–Kier alpha value is -1.84. The standard InChI is InChI=1S/C14H18O4/c1-11-7-4-3-5-9-13(15)18-12(2)8-6-10-14(16)17-11/h3-6,9-12H,7-8H2,1-2H3/b4-3-,9-5+,10-6+/t11-,12-/m1/s1. The van der Waals surface area contributed by atoms with Crippen LogP contribution in [0.15, 0.2) is 36.5 Å². The van der Waals surface area contributed by atoms with Crippen LogP contribution in [0.3, 0.4) is 0 Å². The van der Waals surface area contributed by atoms with E-state index in [4.69, 9.17) is 9.47 Å². The molecule has 0 aliphatic carbocycles. The van der Waals surface area contributed by atoms with Gasteiger partial charge < -0.3 is 9.47 Å². The summed E-state index contributed by atoms with van der Waals surface area (Å²) >= 11 is 0. The van der Waals surface area contributed by atoms with Crippen LogP contribution in [0, 0.1) is 0 Å². The second-order valence-corrected chi connectivity index (χ2v) is 4.16. The van der Waals surface area contributed by atoms with Crippen molar-refractivity contribution < 1.29 is 19.1 Å². The minimum atomic E-state index is -0.381. The largest absolute Gasteiger partial charge is 0.459 e. The minimum absolute atomic E-state index is 0.181. The topological polar surface area (TPSA) is 52.6 Å². The van der Waals surface area contributed by atoms with E-state index in [-0.39, 0.29) is 24.1 Å². The van der Waals surface area contributed by atoms with Crippen LogP contribution in [-0.4, -0.2) is 24.1 Å². The molecule has 0 spiro atoms. The zero-order valence-electron chi connectivity index (χ0n) is 10.7. The van der Waals surface area contributed by atoms with Crippen LogP contribution in [0.1, 0.15) is 26.7 Å². The molecule has 2 atom stereocenters. The fraction of sp³-hybridized carbons (Fsp3) is 0.429. The van der Waals surface area contributed by atoms with Gasteiger partial charge in [0.15, 0.2) is 0 Å². The molecule has 0 fully saturated rings. The number of carbonyl (C=O) groups excluding carboxylic acids is 2. The second kappa shape index (κ2) is 7.48. The van der Waals surface area contributed by atoms with Crippen LogP contribution in [0.25, 0.3) is 0 Å². The Morgan fingerprint density at radius 1 is 0.889 bits per heavy atom. The summed E-state index contributed by atoms with van der Waals surface area (Å²) in [6.45, 7) is 3.59. The van der Waals surface area contributed by atoms with Gasteiger partial charge in [0.1, 0.15) is 12.2 Å². The maximum absolute atomic E-state index is 11.4. The summed E-state index contributed by atoms with van der Waals surface area (Å²) in [5.74, 6) is -0.754. The lowest BCUT2D eigenvalue weighted by Gasteiger charge is -2.10. The third kappa shape index (κ3) is 6.03. The lowest BCUT2D eigenvalue weighted by atomic mass is 10.2. The van der Waals surface area contributed by atoms with Crippen molar-refractivity contribution in [2.45, 2.75) is 38.9 Å². The molecule has 0 aromatic rings. The Bertz CT molecular complexity index is 379. The van der Waals surface area contributed by atoms with Crippen LogP contribution >= 0.6 is 0 Å². The van der Waals surface area contributed by atoms with Gasteiger partial charge in [0, 0.05) is 25.0 Å². The number of rotatable bonds is 0. The molecule has 1 aliphatic heterocycles. The van der Waals surface area contributed by atoms with Gasteiger partial charge in [-0.2, -0.15) is 0 Å². The summed E-state index contributed by atoms with van der Waals surface area (Å²) in [6, 6.07) is 0. The van der Waals surface area contributed by atoms with Gasteiger partial charge in [-0.15, -0.1) is 0 Å². The Morgan fingerprint density at radius 3 is 2.11 bits per heavy atom. The van der Waals surface area contributed by atoms with Gasteiger partial charge in [0.2, 0.25) is 0 Å². The Balaban J connectivity index is 2.70. The first-order chi connectivity index (χ1) is 8.58. The molecule has 18 heavy (non-hydrogen) atoms. The van der Waals surface area contributed by atoms with Crippen molar-refractivity contribution in [3.63, 3.8) is 0 Å². The number of cyclic esters (lactones) is 2. The molecular weight excluding hydrogens is 232 g/mol. The van der Waals surface area contributed by atoms with Crippen molar-refractivity contribution in [1.82, 2.24) is 0 Å². The molecule has 0 saturated carbocycles. The average Bonchev–Trinajstić information content (AvgIpc) is 2.27. The number of allylic oxidation sites excluding steroid dienone is 2. The minimum Gasteiger partial charge on any atom is -0.459 e. The van der Waals surface area contributed by atoms with Crippen molar-refractivity contribution in [3.05, 3.63) is 36.5 Å². The number of carbonyl (C=O) groups is 2. The third-order valence-electron chi connectivity index (χ3n) is 2.30. The predicted molar refractivity (Wildman–Crippen MR) is 67.8 cm³/mol. The molecule has 0 aromatic heterocycles. The second-order valence-electron chi connectivity index (χ2n) is 4.16. The summed E-state index contributed by atoms with van der Waals surface area (Å²) in [7, 11) is 0. The zero-order chi connectivity index (χ0) is 13.4. The van der Waals surface area contributed by atoms with Gasteiger partial charge >= 0.3 is 11.9 Å². The summed E-state index contributed by atoms with van der Waals surface area (Å²) in [6.07, 6.45) is 10.2. The van der Waals surface area contributed by atoms with E-state index in [0.29, 0.717) is 12.8 Å². The molecule has 98 valence electrons. The van der Waals surface area contributed by atoms with Crippen LogP contribution in [0.5, 0.6) is 0 Å². The van der Waals surface area contributed by atoms with Gasteiger partial charge in [-0.3, -0.25) is 0 Å². The molecule has 0 unspecified atom stereocenters. The van der Waals surface area contributed by atoms with Crippen molar-refractivity contribution in [1.29, 1.82) is 0 Å². The lowest BCUT2D eigenvalue weighted by Crippen LogP contribution is -2.14. The zero-order valence-corrected chi connectivity index (χ0v) is 10.7. The Morgan fingerprint density at radius 2 is 1.44 bits per heavy atom. The van der Waals surface area contributed by atoms with Crippen LogP contribution in [0.4, 0.5) is 0 Å². The third-order valence-corrected chi connectivity index (χ3v) is 2.30. The number of esters is 2. The van der Waals surface area contributed by atoms with Crippen LogP contribution < -0.4 is 0 Å². The predicted octanol–water partition coefficient (Wildman–Crippen LogP) is 2.31. The van der Waals surface area contributed by atoms with E-state index >= 15 is 0 Å². The van der Waals surface area contributed by atoms with Crippen LogP contribution in [-0.2, 0) is 19.1 Å². The van der Waals surface area contributed by atoms with Gasteiger partial charge in [0.25, 0.3) is 0 Å². The van der Waals surface area contributed by atoms with E-state index in [9.17, 15) is 9.59 Å². The fourth-order valence-corrected chi connectivity index (χ4v) is 1.41. The highest BCUT2D eigenvalue weighted by Gasteiger charge is 2.07. The Labute approximate surface area is 107 Å². The smallest absolute Gasteiger partial charge is 0.331 e. The highest BCUT2D eigenvalue weighted by Crippen LogP contribution is 2.04. The molecule has 4 heteroatoms. The summed E-state index contributed by atoms with van der Waals surface area (Å²) in [4.78, 5) is 22.7. The van der Waals surface area contributed by atoms with Gasteiger partial charge in [-0.25, -0.2) is 9.59 Å². The first kappa shape index (κ1) is 14.2. The highest BCUT2D eigenvalue weighted by atomic mass is 16.5. The van der Waals surface area contributed by atoms with Gasteiger partial charge in [-0.1, -0.05) is 24.3 Å². The number of ether oxygens (including phenoxy) is 2. The van der Waals surface area contributed by atoms with Crippen molar-refractivity contribution in [3.8, 4) is 0 Å². The molecule has 1 rings (SSSR count). The molecule has 0 N–H and O–H groups in total. The van der Waals surface area contributed by atoms with Crippen molar-refractivity contribution >= 4 is 11.9 Å². The van der Waals surface area contributed by atoms with E-state index in [1.165, 1.54) is 12.2 Å². The first-order valence-corrected chi connectivity index (χ1v) is 5.99. The first-order valence-electron chi connectivity index (χ1n) is 5.99. The SMILES string of the molecule is C[C@@H]1C/C=C\C=C\C(=O)O[C@H](C)C/C=C/C(=O)O1. The summed E-state index contributed by atoms with van der Waals surface area (Å²) in [5.41, 5.74) is 0. The highest BCUT2D eigenvalue weighted by molar-refractivity contribution is 5.83.